The lowest BCUT2D eigenvalue weighted by Crippen LogP contribution is -2.23. The summed E-state index contributed by atoms with van der Waals surface area (Å²) in [5, 5.41) is 0. The van der Waals surface area contributed by atoms with Gasteiger partial charge in [0.2, 0.25) is 0 Å². The molecule has 3 nitrogen and oxygen atoms in total. The molecule has 0 aromatic carbocycles. The molecule has 0 bridgehead atoms. The lowest BCUT2D eigenvalue weighted by molar-refractivity contribution is -0.305. The van der Waals surface area contributed by atoms with Crippen LogP contribution in [0.15, 0.2) is 0 Å². The molecule has 1 unspecified atom stereocenters. The monoisotopic (exact) mass is 242 g/mol. The summed E-state index contributed by atoms with van der Waals surface area (Å²) in [6.45, 7) is 4.17. The molecule has 17 heavy (non-hydrogen) atoms. The maximum absolute atomic E-state index is 11.8. The first-order chi connectivity index (χ1) is 8.27. The van der Waals surface area contributed by atoms with E-state index in [0.29, 0.717) is 0 Å². The van der Waals surface area contributed by atoms with Crippen LogP contribution in [0.5, 0.6) is 0 Å². The molecule has 0 aromatic heterocycles. The summed E-state index contributed by atoms with van der Waals surface area (Å²) in [5.41, 5.74) is 0. The van der Waals surface area contributed by atoms with Crippen LogP contribution in [0.2, 0.25) is 0 Å². The standard InChI is InChI=1S/C14H26O3/c1-3-5-9-12(4-2)14(15)17-16-13-10-7-6-8-11-13/h12-13H,3-11H2,1-2H3. The van der Waals surface area contributed by atoms with E-state index in [0.717, 1.165) is 38.5 Å². The fourth-order valence-electron chi connectivity index (χ4n) is 2.28. The molecule has 0 aromatic rings. The zero-order valence-electron chi connectivity index (χ0n) is 11.2. The Morgan fingerprint density at radius 2 is 1.94 bits per heavy atom. The molecule has 1 aliphatic carbocycles. The van der Waals surface area contributed by atoms with Crippen LogP contribution in [0, 0.1) is 5.92 Å². The first-order valence-corrected chi connectivity index (χ1v) is 7.15. The van der Waals surface area contributed by atoms with Crippen LogP contribution in [0.4, 0.5) is 0 Å². The van der Waals surface area contributed by atoms with E-state index in [2.05, 4.69) is 6.92 Å². The van der Waals surface area contributed by atoms with Crippen LogP contribution in [-0.4, -0.2) is 12.1 Å². The molecule has 0 N–H and O–H groups in total. The van der Waals surface area contributed by atoms with Crippen molar-refractivity contribution < 1.29 is 14.6 Å². The molecule has 0 heterocycles. The molecule has 1 fully saturated rings. The van der Waals surface area contributed by atoms with E-state index in [4.69, 9.17) is 9.78 Å². The van der Waals surface area contributed by atoms with Crippen LogP contribution in [-0.2, 0) is 14.6 Å². The Hall–Kier alpha value is -0.570. The van der Waals surface area contributed by atoms with Crippen LogP contribution >= 0.6 is 0 Å². The van der Waals surface area contributed by atoms with Crippen molar-refractivity contribution in [2.45, 2.75) is 77.7 Å². The molecule has 0 radical (unpaired) electrons. The topological polar surface area (TPSA) is 35.5 Å². The molecule has 1 aliphatic rings. The third kappa shape index (κ3) is 5.53. The number of hydrogen-bond acceptors (Lipinski definition) is 3. The van der Waals surface area contributed by atoms with Gasteiger partial charge in [0.1, 0.15) is 6.10 Å². The highest BCUT2D eigenvalue weighted by atomic mass is 17.2. The second-order valence-corrected chi connectivity index (χ2v) is 5.01. The van der Waals surface area contributed by atoms with Gasteiger partial charge >= 0.3 is 5.97 Å². The van der Waals surface area contributed by atoms with Gasteiger partial charge in [0.25, 0.3) is 0 Å². The van der Waals surface area contributed by atoms with Crippen LogP contribution in [0.25, 0.3) is 0 Å². The highest BCUT2D eigenvalue weighted by molar-refractivity contribution is 5.71. The molecule has 1 saturated carbocycles. The van der Waals surface area contributed by atoms with Crippen LogP contribution in [0.1, 0.15) is 71.6 Å². The lowest BCUT2D eigenvalue weighted by atomic mass is 9.98. The summed E-state index contributed by atoms with van der Waals surface area (Å²) in [6.07, 6.45) is 9.80. The summed E-state index contributed by atoms with van der Waals surface area (Å²) >= 11 is 0. The largest absolute Gasteiger partial charge is 0.345 e. The quantitative estimate of drug-likeness (QED) is 0.500. The second kappa shape index (κ2) is 8.51. The molecule has 1 atom stereocenters. The van der Waals surface area contributed by atoms with Crippen molar-refractivity contribution in [2.24, 2.45) is 5.92 Å². The van der Waals surface area contributed by atoms with E-state index in [9.17, 15) is 4.79 Å². The Labute approximate surface area is 105 Å². The molecule has 0 spiro atoms. The number of unbranched alkanes of at least 4 members (excludes halogenated alkanes) is 1. The van der Waals surface area contributed by atoms with Crippen molar-refractivity contribution in [3.63, 3.8) is 0 Å². The van der Waals surface area contributed by atoms with Gasteiger partial charge in [-0.25, -0.2) is 4.79 Å². The lowest BCUT2D eigenvalue weighted by Gasteiger charge is -2.21. The van der Waals surface area contributed by atoms with E-state index in [1.54, 1.807) is 0 Å². The highest BCUT2D eigenvalue weighted by Gasteiger charge is 2.21. The number of carbonyl (C=O) groups excluding carboxylic acids is 1. The number of rotatable bonds is 7. The van der Waals surface area contributed by atoms with E-state index in [1.165, 1.54) is 19.3 Å². The summed E-state index contributed by atoms with van der Waals surface area (Å²) in [7, 11) is 0. The zero-order valence-corrected chi connectivity index (χ0v) is 11.2. The Kier molecular flexibility index (Phi) is 7.25. The maximum atomic E-state index is 11.8. The Balaban J connectivity index is 2.21. The summed E-state index contributed by atoms with van der Waals surface area (Å²) < 4.78 is 0. The van der Waals surface area contributed by atoms with Gasteiger partial charge in [-0.3, -0.25) is 4.89 Å². The molecule has 0 aliphatic heterocycles. The Morgan fingerprint density at radius 1 is 1.24 bits per heavy atom. The molecular formula is C14H26O3. The van der Waals surface area contributed by atoms with Gasteiger partial charge in [-0.15, -0.1) is 0 Å². The first-order valence-electron chi connectivity index (χ1n) is 7.15. The minimum absolute atomic E-state index is 0.0125. The van der Waals surface area contributed by atoms with Crippen molar-refractivity contribution >= 4 is 5.97 Å². The van der Waals surface area contributed by atoms with Gasteiger partial charge in [0.15, 0.2) is 0 Å². The van der Waals surface area contributed by atoms with Crippen molar-refractivity contribution in [3.8, 4) is 0 Å². The second-order valence-electron chi connectivity index (χ2n) is 5.01. The predicted octanol–water partition coefficient (Wildman–Crippen LogP) is 4.01. The molecule has 1 rings (SSSR count). The molecular weight excluding hydrogens is 216 g/mol. The van der Waals surface area contributed by atoms with Crippen LogP contribution < -0.4 is 0 Å². The minimum Gasteiger partial charge on any atom is -0.298 e. The maximum Gasteiger partial charge on any atom is 0.345 e. The van der Waals surface area contributed by atoms with Gasteiger partial charge in [0.05, 0.1) is 5.92 Å². The van der Waals surface area contributed by atoms with Gasteiger partial charge in [-0.05, 0) is 25.7 Å². The highest BCUT2D eigenvalue weighted by Crippen LogP contribution is 2.21. The van der Waals surface area contributed by atoms with Crippen molar-refractivity contribution in [1.82, 2.24) is 0 Å². The fourth-order valence-corrected chi connectivity index (χ4v) is 2.28. The predicted molar refractivity (Wildman–Crippen MR) is 67.4 cm³/mol. The molecule has 0 saturated heterocycles. The molecule has 100 valence electrons. The summed E-state index contributed by atoms with van der Waals surface area (Å²) in [6, 6.07) is 0. The first kappa shape index (κ1) is 14.5. The van der Waals surface area contributed by atoms with Gasteiger partial charge in [-0.1, -0.05) is 46.0 Å². The van der Waals surface area contributed by atoms with Crippen molar-refractivity contribution in [3.05, 3.63) is 0 Å². The van der Waals surface area contributed by atoms with Crippen molar-refractivity contribution in [2.75, 3.05) is 0 Å². The molecule has 3 heteroatoms. The third-order valence-corrected chi connectivity index (χ3v) is 3.55. The minimum atomic E-state index is -0.175. The van der Waals surface area contributed by atoms with Gasteiger partial charge < -0.3 is 0 Å². The van der Waals surface area contributed by atoms with Gasteiger partial charge in [-0.2, -0.15) is 4.89 Å². The molecule has 0 amide bonds. The fraction of sp³-hybridized carbons (Fsp3) is 0.929. The smallest absolute Gasteiger partial charge is 0.298 e. The number of hydrogen-bond donors (Lipinski definition) is 0. The SMILES string of the molecule is CCCCC(CC)C(=O)OOC1CCCCC1. The van der Waals surface area contributed by atoms with Crippen LogP contribution in [0.3, 0.4) is 0 Å². The number of carbonyl (C=O) groups is 1. The summed E-state index contributed by atoms with van der Waals surface area (Å²) in [4.78, 5) is 22.0. The van der Waals surface area contributed by atoms with E-state index in [1.807, 2.05) is 6.92 Å². The third-order valence-electron chi connectivity index (χ3n) is 3.55. The zero-order chi connectivity index (χ0) is 12.5. The Bertz CT molecular complexity index is 210. The van der Waals surface area contributed by atoms with Crippen molar-refractivity contribution in [1.29, 1.82) is 0 Å². The van der Waals surface area contributed by atoms with E-state index < -0.39 is 0 Å². The normalized spacial score (nSPS) is 18.9. The van der Waals surface area contributed by atoms with Gasteiger partial charge in [0, 0.05) is 0 Å². The average Bonchev–Trinajstić information content (AvgIpc) is 2.38. The Morgan fingerprint density at radius 3 is 2.53 bits per heavy atom. The van der Waals surface area contributed by atoms with E-state index in [-0.39, 0.29) is 18.0 Å². The summed E-state index contributed by atoms with van der Waals surface area (Å²) in [5.74, 6) is -0.162. The van der Waals surface area contributed by atoms with E-state index >= 15 is 0 Å². The average molecular weight is 242 g/mol.